The molecule has 1 N–H and O–H groups in total. The normalized spacial score (nSPS) is 14.6. The molecule has 0 heterocycles. The molecule has 0 atom stereocenters. The standard InChI is InChI=1S/C7H15N.C7H16/c1-2-5-8-6-7-3-4-7;1-3-5-7-6-4-2/h7-8H,2-6H2,1H3;3-7H2,1-2H3. The minimum absolute atomic E-state index is 1.04. The monoisotopic (exact) mass is 213 g/mol. The Morgan fingerprint density at radius 3 is 1.87 bits per heavy atom. The van der Waals surface area contributed by atoms with Crippen LogP contribution in [0.3, 0.4) is 0 Å². The third-order valence-corrected chi connectivity index (χ3v) is 2.76. The zero-order valence-corrected chi connectivity index (χ0v) is 11.1. The molecule has 1 rings (SSSR count). The fourth-order valence-electron chi connectivity index (χ4n) is 1.48. The fourth-order valence-corrected chi connectivity index (χ4v) is 1.48. The third-order valence-electron chi connectivity index (χ3n) is 2.76. The van der Waals surface area contributed by atoms with Crippen LogP contribution in [0.1, 0.15) is 72.1 Å². The van der Waals surface area contributed by atoms with Gasteiger partial charge in [0.2, 0.25) is 0 Å². The zero-order chi connectivity index (χ0) is 11.4. The van der Waals surface area contributed by atoms with Crippen molar-refractivity contribution in [1.29, 1.82) is 0 Å². The van der Waals surface area contributed by atoms with Crippen LogP contribution in [0.5, 0.6) is 0 Å². The highest BCUT2D eigenvalue weighted by molar-refractivity contribution is 4.74. The van der Waals surface area contributed by atoms with Crippen LogP contribution in [0.4, 0.5) is 0 Å². The third kappa shape index (κ3) is 14.0. The first-order chi connectivity index (χ1) is 7.35. The van der Waals surface area contributed by atoms with Crippen molar-refractivity contribution in [2.24, 2.45) is 5.92 Å². The van der Waals surface area contributed by atoms with Crippen LogP contribution in [-0.4, -0.2) is 13.1 Å². The van der Waals surface area contributed by atoms with Crippen molar-refractivity contribution in [3.63, 3.8) is 0 Å². The Morgan fingerprint density at radius 2 is 1.47 bits per heavy atom. The summed E-state index contributed by atoms with van der Waals surface area (Å²) in [6.45, 7) is 9.18. The van der Waals surface area contributed by atoms with Gasteiger partial charge in [-0.05, 0) is 38.3 Å². The zero-order valence-electron chi connectivity index (χ0n) is 11.1. The smallest absolute Gasteiger partial charge is 0.00205 e. The molecular weight excluding hydrogens is 182 g/mol. The number of rotatable bonds is 8. The van der Waals surface area contributed by atoms with E-state index in [9.17, 15) is 0 Å². The van der Waals surface area contributed by atoms with Crippen molar-refractivity contribution in [3.8, 4) is 0 Å². The van der Waals surface area contributed by atoms with Crippen molar-refractivity contribution < 1.29 is 0 Å². The average molecular weight is 213 g/mol. The summed E-state index contributed by atoms with van der Waals surface area (Å²) < 4.78 is 0. The molecule has 0 unspecified atom stereocenters. The van der Waals surface area contributed by atoms with E-state index in [0.717, 1.165) is 5.92 Å². The van der Waals surface area contributed by atoms with E-state index in [1.165, 1.54) is 64.5 Å². The molecule has 1 fully saturated rings. The lowest BCUT2D eigenvalue weighted by molar-refractivity contribution is 0.630. The van der Waals surface area contributed by atoms with Gasteiger partial charge in [-0.1, -0.05) is 52.9 Å². The number of hydrogen-bond donors (Lipinski definition) is 1. The van der Waals surface area contributed by atoms with Gasteiger partial charge >= 0.3 is 0 Å². The van der Waals surface area contributed by atoms with Gasteiger partial charge in [-0.25, -0.2) is 0 Å². The summed E-state index contributed by atoms with van der Waals surface area (Å²) >= 11 is 0. The van der Waals surface area contributed by atoms with Crippen LogP contribution in [-0.2, 0) is 0 Å². The van der Waals surface area contributed by atoms with E-state index in [0.29, 0.717) is 0 Å². The first-order valence-corrected chi connectivity index (χ1v) is 7.05. The predicted molar refractivity (Wildman–Crippen MR) is 70.3 cm³/mol. The maximum Gasteiger partial charge on any atom is -0.00205 e. The Kier molecular flexibility index (Phi) is 12.0. The van der Waals surface area contributed by atoms with Gasteiger partial charge in [0.25, 0.3) is 0 Å². The Bertz CT molecular complexity index is 104. The number of unbranched alkanes of at least 4 members (excludes halogenated alkanes) is 4. The molecule has 0 radical (unpaired) electrons. The number of hydrogen-bond acceptors (Lipinski definition) is 1. The highest BCUT2D eigenvalue weighted by Gasteiger charge is 2.19. The van der Waals surface area contributed by atoms with E-state index < -0.39 is 0 Å². The van der Waals surface area contributed by atoms with Crippen LogP contribution in [0, 0.1) is 5.92 Å². The van der Waals surface area contributed by atoms with Gasteiger partial charge in [0, 0.05) is 0 Å². The van der Waals surface area contributed by atoms with Crippen LogP contribution in [0.15, 0.2) is 0 Å². The second-order valence-electron chi connectivity index (χ2n) is 4.71. The van der Waals surface area contributed by atoms with Crippen molar-refractivity contribution in [1.82, 2.24) is 5.32 Å². The molecule has 0 spiro atoms. The SMILES string of the molecule is CCCCCCC.CCCNCC1CC1. The Hall–Kier alpha value is -0.0400. The summed E-state index contributed by atoms with van der Waals surface area (Å²) in [6, 6.07) is 0. The van der Waals surface area contributed by atoms with Gasteiger partial charge < -0.3 is 5.32 Å². The molecule has 1 aliphatic rings. The van der Waals surface area contributed by atoms with E-state index in [-0.39, 0.29) is 0 Å². The molecule has 92 valence electrons. The summed E-state index contributed by atoms with van der Waals surface area (Å²) in [4.78, 5) is 0. The maximum atomic E-state index is 3.40. The second kappa shape index (κ2) is 12.0. The summed E-state index contributed by atoms with van der Waals surface area (Å²) in [5, 5.41) is 3.40. The largest absolute Gasteiger partial charge is 0.316 e. The predicted octanol–water partition coefficient (Wildman–Crippen LogP) is 4.37. The van der Waals surface area contributed by atoms with Crippen LogP contribution < -0.4 is 5.32 Å². The number of nitrogens with one attached hydrogen (secondary N) is 1. The van der Waals surface area contributed by atoms with Gasteiger partial charge in [-0.2, -0.15) is 0 Å². The van der Waals surface area contributed by atoms with Gasteiger partial charge in [0.1, 0.15) is 0 Å². The van der Waals surface area contributed by atoms with Crippen molar-refractivity contribution in [2.45, 2.75) is 72.1 Å². The van der Waals surface area contributed by atoms with Crippen molar-refractivity contribution >= 4 is 0 Å². The molecule has 0 bridgehead atoms. The first-order valence-electron chi connectivity index (χ1n) is 7.05. The van der Waals surface area contributed by atoms with Gasteiger partial charge in [-0.3, -0.25) is 0 Å². The van der Waals surface area contributed by atoms with E-state index in [2.05, 4.69) is 26.1 Å². The molecule has 0 saturated heterocycles. The minimum Gasteiger partial charge on any atom is -0.316 e. The van der Waals surface area contributed by atoms with Crippen molar-refractivity contribution in [2.75, 3.05) is 13.1 Å². The lowest BCUT2D eigenvalue weighted by Gasteiger charge is -1.97. The van der Waals surface area contributed by atoms with E-state index in [4.69, 9.17) is 0 Å². The lowest BCUT2D eigenvalue weighted by atomic mass is 10.2. The molecule has 0 aromatic rings. The van der Waals surface area contributed by atoms with Crippen LogP contribution in [0.25, 0.3) is 0 Å². The first kappa shape index (κ1) is 15.0. The van der Waals surface area contributed by atoms with Gasteiger partial charge in [0.05, 0.1) is 0 Å². The molecule has 0 aromatic carbocycles. The molecule has 1 aliphatic carbocycles. The minimum atomic E-state index is 1.04. The Balaban J connectivity index is 0.000000265. The summed E-state index contributed by atoms with van der Waals surface area (Å²) in [7, 11) is 0. The summed E-state index contributed by atoms with van der Waals surface area (Å²) in [5.74, 6) is 1.04. The average Bonchev–Trinajstić information content (AvgIpc) is 3.04. The lowest BCUT2D eigenvalue weighted by Crippen LogP contribution is -2.16. The quantitative estimate of drug-likeness (QED) is 0.590. The summed E-state index contributed by atoms with van der Waals surface area (Å²) in [6.07, 6.45) is 11.2. The molecule has 0 amide bonds. The van der Waals surface area contributed by atoms with E-state index in [1.807, 2.05) is 0 Å². The van der Waals surface area contributed by atoms with Gasteiger partial charge in [0.15, 0.2) is 0 Å². The molecule has 0 aliphatic heterocycles. The van der Waals surface area contributed by atoms with E-state index in [1.54, 1.807) is 0 Å². The van der Waals surface area contributed by atoms with Crippen molar-refractivity contribution in [3.05, 3.63) is 0 Å². The fraction of sp³-hybridized carbons (Fsp3) is 1.00. The van der Waals surface area contributed by atoms with Crippen LogP contribution in [0.2, 0.25) is 0 Å². The molecule has 1 nitrogen and oxygen atoms in total. The van der Waals surface area contributed by atoms with Gasteiger partial charge in [-0.15, -0.1) is 0 Å². The van der Waals surface area contributed by atoms with Crippen LogP contribution >= 0.6 is 0 Å². The highest BCUT2D eigenvalue weighted by atomic mass is 14.9. The Labute approximate surface area is 97.0 Å². The topological polar surface area (TPSA) is 12.0 Å². The molecular formula is C14H31N. The molecule has 15 heavy (non-hydrogen) atoms. The summed E-state index contributed by atoms with van der Waals surface area (Å²) in [5.41, 5.74) is 0. The molecule has 1 saturated carbocycles. The second-order valence-corrected chi connectivity index (χ2v) is 4.71. The van der Waals surface area contributed by atoms with E-state index >= 15 is 0 Å². The molecule has 1 heteroatoms. The molecule has 0 aromatic heterocycles. The Morgan fingerprint density at radius 1 is 0.867 bits per heavy atom. The maximum absolute atomic E-state index is 3.40. The highest BCUT2D eigenvalue weighted by Crippen LogP contribution is 2.27.